The second-order valence-corrected chi connectivity index (χ2v) is 8.04. The van der Waals surface area contributed by atoms with Gasteiger partial charge in [0.1, 0.15) is 0 Å². The van der Waals surface area contributed by atoms with E-state index in [0.29, 0.717) is 5.56 Å². The zero-order chi connectivity index (χ0) is 20.6. The monoisotopic (exact) mass is 451 g/mol. The molecule has 0 atom stereocenters. The van der Waals surface area contributed by atoms with Crippen LogP contribution in [0.2, 0.25) is 0 Å². The molecule has 1 N–H and O–H groups in total. The maximum absolute atomic E-state index is 12.8. The zero-order valence-electron chi connectivity index (χ0n) is 16.8. The number of halogens is 1. The quantitative estimate of drug-likeness (QED) is 0.470. The van der Waals surface area contributed by atoms with E-state index in [0.717, 1.165) is 41.0 Å². The highest BCUT2D eigenvalue weighted by atomic mass is 79.9. The van der Waals surface area contributed by atoms with Crippen molar-refractivity contribution in [3.05, 3.63) is 88.9 Å². The van der Waals surface area contributed by atoms with Crippen molar-refractivity contribution < 1.29 is 4.79 Å². The summed E-state index contributed by atoms with van der Waals surface area (Å²) in [5.74, 6) is -0.125. The van der Waals surface area contributed by atoms with Crippen LogP contribution in [0, 0.1) is 0 Å². The van der Waals surface area contributed by atoms with E-state index in [1.807, 2.05) is 60.7 Å². The number of hydrogen-bond donors (Lipinski definition) is 1. The third kappa shape index (κ3) is 5.92. The molecule has 0 heterocycles. The van der Waals surface area contributed by atoms with Gasteiger partial charge in [-0.1, -0.05) is 52.3 Å². The minimum Gasteiger partial charge on any atom is -0.340 e. The van der Waals surface area contributed by atoms with E-state index >= 15 is 0 Å². The van der Waals surface area contributed by atoms with Gasteiger partial charge in [0, 0.05) is 22.3 Å². The third-order valence-electron chi connectivity index (χ3n) is 4.58. The van der Waals surface area contributed by atoms with Gasteiger partial charge in [-0.25, -0.2) is 0 Å². The van der Waals surface area contributed by atoms with Crippen LogP contribution >= 0.6 is 15.9 Å². The van der Waals surface area contributed by atoms with Gasteiger partial charge in [0.25, 0.3) is 5.91 Å². The number of nitrogens with one attached hydrogen (secondary N) is 1. The molecule has 0 aliphatic heterocycles. The molecule has 0 fully saturated rings. The summed E-state index contributed by atoms with van der Waals surface area (Å²) in [6.45, 7) is 1.85. The van der Waals surface area contributed by atoms with Gasteiger partial charge in [0.05, 0.1) is 11.4 Å². The van der Waals surface area contributed by atoms with Gasteiger partial charge in [0.15, 0.2) is 0 Å². The first-order valence-corrected chi connectivity index (χ1v) is 10.5. The van der Waals surface area contributed by atoms with Crippen LogP contribution in [-0.4, -0.2) is 38.0 Å². The number of benzene rings is 3. The highest BCUT2D eigenvalue weighted by Crippen LogP contribution is 2.32. The first-order valence-electron chi connectivity index (χ1n) is 9.68. The van der Waals surface area contributed by atoms with Crippen LogP contribution in [0.1, 0.15) is 16.8 Å². The predicted octanol–water partition coefficient (Wildman–Crippen LogP) is 5.79. The smallest absolute Gasteiger partial charge is 0.255 e. The Morgan fingerprint density at radius 2 is 1.62 bits per heavy atom. The lowest BCUT2D eigenvalue weighted by molar-refractivity contribution is 0.102. The molecule has 0 unspecified atom stereocenters. The van der Waals surface area contributed by atoms with E-state index in [4.69, 9.17) is 0 Å². The molecule has 0 spiro atoms. The molecule has 0 saturated carbocycles. The Bertz CT molecular complexity index is 944. The van der Waals surface area contributed by atoms with E-state index in [1.165, 1.54) is 0 Å². The normalized spacial score (nSPS) is 10.8. The molecule has 3 aromatic carbocycles. The van der Waals surface area contributed by atoms with Crippen molar-refractivity contribution in [3.63, 3.8) is 0 Å². The molecule has 0 saturated heterocycles. The predicted molar refractivity (Wildman–Crippen MR) is 125 cm³/mol. The Labute approximate surface area is 181 Å². The van der Waals surface area contributed by atoms with E-state index in [2.05, 4.69) is 63.3 Å². The van der Waals surface area contributed by atoms with Crippen LogP contribution in [0.4, 0.5) is 17.1 Å². The van der Waals surface area contributed by atoms with Gasteiger partial charge in [0.2, 0.25) is 0 Å². The summed E-state index contributed by atoms with van der Waals surface area (Å²) in [5, 5.41) is 3.09. The molecule has 150 valence electrons. The first-order chi connectivity index (χ1) is 14.0. The van der Waals surface area contributed by atoms with Gasteiger partial charge < -0.3 is 15.1 Å². The molecule has 5 heteroatoms. The third-order valence-corrected chi connectivity index (χ3v) is 5.08. The Hall–Kier alpha value is -2.63. The van der Waals surface area contributed by atoms with Crippen LogP contribution in [0.15, 0.2) is 83.3 Å². The minimum atomic E-state index is -0.125. The fraction of sp³-hybridized carbons (Fsp3) is 0.208. The maximum Gasteiger partial charge on any atom is 0.255 e. The second kappa shape index (κ2) is 10.2. The largest absolute Gasteiger partial charge is 0.340 e. The lowest BCUT2D eigenvalue weighted by atomic mass is 10.1. The van der Waals surface area contributed by atoms with Crippen molar-refractivity contribution in [1.82, 2.24) is 4.90 Å². The fourth-order valence-electron chi connectivity index (χ4n) is 3.18. The Kier molecular flexibility index (Phi) is 7.44. The zero-order valence-corrected chi connectivity index (χ0v) is 18.4. The summed E-state index contributed by atoms with van der Waals surface area (Å²) in [6, 6.07) is 25.7. The van der Waals surface area contributed by atoms with Crippen molar-refractivity contribution >= 4 is 38.9 Å². The fourth-order valence-corrected chi connectivity index (χ4v) is 3.58. The van der Waals surface area contributed by atoms with Crippen LogP contribution < -0.4 is 10.2 Å². The van der Waals surface area contributed by atoms with Gasteiger partial charge in [-0.15, -0.1) is 0 Å². The molecular weight excluding hydrogens is 426 g/mol. The van der Waals surface area contributed by atoms with Crippen molar-refractivity contribution in [2.75, 3.05) is 37.4 Å². The molecule has 0 aliphatic rings. The number of carbonyl (C=O) groups excluding carboxylic acids is 1. The molecule has 0 aromatic heterocycles. The summed E-state index contributed by atoms with van der Waals surface area (Å²) in [7, 11) is 4.16. The maximum atomic E-state index is 12.8. The first kappa shape index (κ1) is 21.1. The van der Waals surface area contributed by atoms with Crippen molar-refractivity contribution in [1.29, 1.82) is 0 Å². The molecule has 0 aliphatic carbocycles. The molecule has 3 aromatic rings. The number of rotatable bonds is 8. The highest BCUT2D eigenvalue weighted by Gasteiger charge is 2.15. The standard InChI is InChI=1S/C24H26BrN3O/c1-27(2)16-9-17-28(21-12-4-3-5-13-21)23-15-7-6-14-22(23)26-24(29)19-10-8-11-20(25)18-19/h3-8,10-15,18H,9,16-17H2,1-2H3,(H,26,29). The number of anilines is 3. The van der Waals surface area contributed by atoms with E-state index in [9.17, 15) is 4.79 Å². The lowest BCUT2D eigenvalue weighted by Gasteiger charge is -2.28. The summed E-state index contributed by atoms with van der Waals surface area (Å²) in [4.78, 5) is 17.3. The van der Waals surface area contributed by atoms with Crippen LogP contribution in [-0.2, 0) is 0 Å². The molecule has 4 nitrogen and oxygen atoms in total. The van der Waals surface area contributed by atoms with Crippen molar-refractivity contribution in [2.24, 2.45) is 0 Å². The molecule has 3 rings (SSSR count). The summed E-state index contributed by atoms with van der Waals surface area (Å²) in [6.07, 6.45) is 1.01. The molecule has 1 amide bonds. The lowest BCUT2D eigenvalue weighted by Crippen LogP contribution is -2.24. The van der Waals surface area contributed by atoms with Crippen molar-refractivity contribution in [2.45, 2.75) is 6.42 Å². The van der Waals surface area contributed by atoms with Crippen LogP contribution in [0.25, 0.3) is 0 Å². The summed E-state index contributed by atoms with van der Waals surface area (Å²) in [5.41, 5.74) is 3.51. The second-order valence-electron chi connectivity index (χ2n) is 7.13. The summed E-state index contributed by atoms with van der Waals surface area (Å²) < 4.78 is 0.882. The van der Waals surface area contributed by atoms with Gasteiger partial charge in [-0.3, -0.25) is 4.79 Å². The Balaban J connectivity index is 1.89. The van der Waals surface area contributed by atoms with E-state index in [1.54, 1.807) is 0 Å². The molecule has 29 heavy (non-hydrogen) atoms. The number of para-hydroxylation sites is 3. The summed E-state index contributed by atoms with van der Waals surface area (Å²) >= 11 is 3.43. The molecule has 0 bridgehead atoms. The minimum absolute atomic E-state index is 0.125. The van der Waals surface area contributed by atoms with Crippen LogP contribution in [0.3, 0.4) is 0 Å². The Morgan fingerprint density at radius 1 is 0.897 bits per heavy atom. The number of carbonyl (C=O) groups is 1. The van der Waals surface area contributed by atoms with Gasteiger partial charge >= 0.3 is 0 Å². The number of hydrogen-bond acceptors (Lipinski definition) is 3. The molecule has 0 radical (unpaired) electrons. The number of nitrogens with zero attached hydrogens (tertiary/aromatic N) is 2. The van der Waals surface area contributed by atoms with Gasteiger partial charge in [-0.2, -0.15) is 0 Å². The van der Waals surface area contributed by atoms with E-state index in [-0.39, 0.29) is 5.91 Å². The van der Waals surface area contributed by atoms with Gasteiger partial charge in [-0.05, 0) is 69.5 Å². The average Bonchev–Trinajstić information content (AvgIpc) is 2.72. The number of amides is 1. The topological polar surface area (TPSA) is 35.6 Å². The average molecular weight is 452 g/mol. The van der Waals surface area contributed by atoms with E-state index < -0.39 is 0 Å². The molecular formula is C24H26BrN3O. The Morgan fingerprint density at radius 3 is 2.34 bits per heavy atom. The highest BCUT2D eigenvalue weighted by molar-refractivity contribution is 9.10. The SMILES string of the molecule is CN(C)CCCN(c1ccccc1)c1ccccc1NC(=O)c1cccc(Br)c1. The van der Waals surface area contributed by atoms with Crippen molar-refractivity contribution in [3.8, 4) is 0 Å². The van der Waals surface area contributed by atoms with Crippen LogP contribution in [0.5, 0.6) is 0 Å².